The van der Waals surface area contributed by atoms with Crippen LogP contribution in [-0.2, 0) is 0 Å². The molecule has 0 bridgehead atoms. The number of nitrogens with zero attached hydrogens (tertiary/aromatic N) is 2. The van der Waals surface area contributed by atoms with Gasteiger partial charge in [0.1, 0.15) is 23.6 Å². The van der Waals surface area contributed by atoms with Crippen LogP contribution in [0, 0.1) is 5.82 Å². The number of hydrogen-bond acceptors (Lipinski definition) is 6. The summed E-state index contributed by atoms with van der Waals surface area (Å²) in [7, 11) is 1.53. The highest BCUT2D eigenvalue weighted by Gasteiger charge is 2.16. The molecule has 7 heteroatoms. The van der Waals surface area contributed by atoms with Crippen LogP contribution in [0.3, 0.4) is 0 Å². The van der Waals surface area contributed by atoms with Crippen molar-refractivity contribution in [1.82, 2.24) is 9.97 Å². The number of rotatable bonds is 5. The van der Waals surface area contributed by atoms with Gasteiger partial charge in [-0.3, -0.25) is 0 Å². The molecule has 0 saturated carbocycles. The van der Waals surface area contributed by atoms with E-state index in [0.717, 1.165) is 0 Å². The molecule has 0 unspecified atom stereocenters. The van der Waals surface area contributed by atoms with Gasteiger partial charge in [-0.1, -0.05) is 0 Å². The van der Waals surface area contributed by atoms with Gasteiger partial charge in [0.25, 0.3) is 0 Å². The molecule has 0 spiro atoms. The smallest absolute Gasteiger partial charge is 0.142 e. The molecule has 27 heavy (non-hydrogen) atoms. The Labute approximate surface area is 157 Å². The predicted molar refractivity (Wildman–Crippen MR) is 104 cm³/mol. The number of anilines is 2. The minimum absolute atomic E-state index is 0.114. The topological polar surface area (TPSA) is 96.3 Å². The van der Waals surface area contributed by atoms with Crippen LogP contribution in [0.2, 0.25) is 0 Å². The highest BCUT2D eigenvalue weighted by Crippen LogP contribution is 2.38. The third kappa shape index (κ3) is 3.76. The fourth-order valence-electron chi connectivity index (χ4n) is 2.78. The molecule has 0 aliphatic carbocycles. The van der Waals surface area contributed by atoms with E-state index in [4.69, 9.17) is 20.9 Å². The molecule has 1 aromatic heterocycles. The highest BCUT2D eigenvalue weighted by molar-refractivity contribution is 5.89. The third-order valence-electron chi connectivity index (χ3n) is 3.96. The van der Waals surface area contributed by atoms with E-state index < -0.39 is 0 Å². The van der Waals surface area contributed by atoms with Crippen LogP contribution in [0.4, 0.5) is 15.8 Å². The first-order chi connectivity index (χ1) is 12.9. The molecule has 0 fully saturated rings. The Kier molecular flexibility index (Phi) is 5.12. The maximum atomic E-state index is 13.7. The van der Waals surface area contributed by atoms with Gasteiger partial charge >= 0.3 is 0 Å². The zero-order chi connectivity index (χ0) is 19.6. The standard InChI is InChI=1S/C20H21FN4O2/c1-11(2)27-18-8-12(21)4-5-13(18)15-9-16(25-10-24-15)19-14(22)6-7-17(26-3)20(19)23/h4-11H,22-23H2,1-3H3. The quantitative estimate of drug-likeness (QED) is 0.663. The number of hydrogen-bond donors (Lipinski definition) is 2. The van der Waals surface area contributed by atoms with Gasteiger partial charge in [-0.25, -0.2) is 14.4 Å². The van der Waals surface area contributed by atoms with E-state index in [1.165, 1.54) is 25.6 Å². The van der Waals surface area contributed by atoms with Crippen LogP contribution in [0.15, 0.2) is 42.7 Å². The van der Waals surface area contributed by atoms with Crippen LogP contribution < -0.4 is 20.9 Å². The average Bonchev–Trinajstić information content (AvgIpc) is 2.62. The van der Waals surface area contributed by atoms with E-state index >= 15 is 0 Å². The lowest BCUT2D eigenvalue weighted by atomic mass is 10.0. The first kappa shape index (κ1) is 18.4. The lowest BCUT2D eigenvalue weighted by Crippen LogP contribution is -2.07. The summed E-state index contributed by atoms with van der Waals surface area (Å²) in [5.41, 5.74) is 15.5. The molecule has 0 aliphatic heterocycles. The summed E-state index contributed by atoms with van der Waals surface area (Å²) in [5, 5.41) is 0. The Morgan fingerprint density at radius 1 is 0.963 bits per heavy atom. The molecule has 140 valence electrons. The summed E-state index contributed by atoms with van der Waals surface area (Å²) >= 11 is 0. The maximum Gasteiger partial charge on any atom is 0.142 e. The van der Waals surface area contributed by atoms with Crippen LogP contribution in [-0.4, -0.2) is 23.2 Å². The fourth-order valence-corrected chi connectivity index (χ4v) is 2.78. The zero-order valence-corrected chi connectivity index (χ0v) is 15.4. The molecule has 2 aromatic carbocycles. The van der Waals surface area contributed by atoms with Gasteiger partial charge in [0.2, 0.25) is 0 Å². The van der Waals surface area contributed by atoms with E-state index in [9.17, 15) is 4.39 Å². The molecule has 4 N–H and O–H groups in total. The van der Waals surface area contributed by atoms with Crippen molar-refractivity contribution in [3.05, 3.63) is 48.5 Å². The van der Waals surface area contributed by atoms with Crippen molar-refractivity contribution in [3.63, 3.8) is 0 Å². The van der Waals surface area contributed by atoms with Gasteiger partial charge < -0.3 is 20.9 Å². The normalized spacial score (nSPS) is 10.9. The van der Waals surface area contributed by atoms with E-state index in [-0.39, 0.29) is 11.9 Å². The van der Waals surface area contributed by atoms with Crippen molar-refractivity contribution in [2.24, 2.45) is 0 Å². The summed E-state index contributed by atoms with van der Waals surface area (Å²) in [6.45, 7) is 3.75. The first-order valence-corrected chi connectivity index (χ1v) is 8.41. The molecule has 3 rings (SSSR count). The van der Waals surface area contributed by atoms with Gasteiger partial charge in [-0.2, -0.15) is 0 Å². The zero-order valence-electron chi connectivity index (χ0n) is 15.4. The van der Waals surface area contributed by atoms with Gasteiger partial charge in [0, 0.05) is 17.3 Å². The van der Waals surface area contributed by atoms with Crippen molar-refractivity contribution >= 4 is 11.4 Å². The number of aromatic nitrogens is 2. The molecule has 0 atom stereocenters. The Morgan fingerprint density at radius 3 is 2.41 bits per heavy atom. The van der Waals surface area contributed by atoms with E-state index in [1.54, 1.807) is 24.3 Å². The molecule has 0 aliphatic rings. The second-order valence-corrected chi connectivity index (χ2v) is 6.24. The Morgan fingerprint density at radius 2 is 1.70 bits per heavy atom. The molecule has 1 heterocycles. The Hall–Kier alpha value is -3.35. The lowest BCUT2D eigenvalue weighted by Gasteiger charge is -2.15. The molecular weight excluding hydrogens is 347 g/mol. The lowest BCUT2D eigenvalue weighted by molar-refractivity contribution is 0.242. The van der Waals surface area contributed by atoms with Crippen molar-refractivity contribution < 1.29 is 13.9 Å². The molecule has 6 nitrogen and oxygen atoms in total. The summed E-state index contributed by atoms with van der Waals surface area (Å²) in [6, 6.07) is 9.46. The van der Waals surface area contributed by atoms with Crippen LogP contribution in [0.1, 0.15) is 13.8 Å². The molecule has 0 radical (unpaired) electrons. The van der Waals surface area contributed by atoms with Crippen molar-refractivity contribution in [1.29, 1.82) is 0 Å². The number of nitrogen functional groups attached to an aromatic ring is 2. The van der Waals surface area contributed by atoms with Gasteiger partial charge in [-0.15, -0.1) is 0 Å². The molecule has 0 amide bonds. The summed E-state index contributed by atoms with van der Waals surface area (Å²) in [5.74, 6) is 0.524. The summed E-state index contributed by atoms with van der Waals surface area (Å²) in [4.78, 5) is 8.61. The van der Waals surface area contributed by atoms with E-state index in [2.05, 4.69) is 9.97 Å². The maximum absolute atomic E-state index is 13.7. The second kappa shape index (κ2) is 7.49. The number of nitrogens with two attached hydrogens (primary N) is 2. The SMILES string of the molecule is COc1ccc(N)c(-c2cc(-c3ccc(F)cc3OC(C)C)ncn2)c1N. The molecule has 0 saturated heterocycles. The van der Waals surface area contributed by atoms with Crippen LogP contribution >= 0.6 is 0 Å². The van der Waals surface area contributed by atoms with Gasteiger partial charge in [0.15, 0.2) is 0 Å². The predicted octanol–water partition coefficient (Wildman–Crippen LogP) is 3.91. The van der Waals surface area contributed by atoms with Crippen LogP contribution in [0.25, 0.3) is 22.5 Å². The van der Waals surface area contributed by atoms with Crippen molar-refractivity contribution in [2.75, 3.05) is 18.6 Å². The average molecular weight is 368 g/mol. The fraction of sp³-hybridized carbons (Fsp3) is 0.200. The van der Waals surface area contributed by atoms with Crippen LogP contribution in [0.5, 0.6) is 11.5 Å². The van der Waals surface area contributed by atoms with Gasteiger partial charge in [0.05, 0.1) is 35.9 Å². The van der Waals surface area contributed by atoms with E-state index in [1.807, 2.05) is 13.8 Å². The first-order valence-electron chi connectivity index (χ1n) is 8.41. The number of benzene rings is 2. The third-order valence-corrected chi connectivity index (χ3v) is 3.96. The van der Waals surface area contributed by atoms with Crippen molar-refractivity contribution in [2.45, 2.75) is 20.0 Å². The number of methoxy groups -OCH3 is 1. The van der Waals surface area contributed by atoms with Gasteiger partial charge in [-0.05, 0) is 44.2 Å². The minimum Gasteiger partial charge on any atom is -0.495 e. The van der Waals surface area contributed by atoms with E-state index in [0.29, 0.717) is 45.4 Å². The summed E-state index contributed by atoms with van der Waals surface area (Å²) in [6.07, 6.45) is 1.29. The summed E-state index contributed by atoms with van der Waals surface area (Å²) < 4.78 is 24.7. The minimum atomic E-state index is -0.384. The highest BCUT2D eigenvalue weighted by atomic mass is 19.1. The Balaban J connectivity index is 2.14. The molecular formula is C20H21FN4O2. The number of ether oxygens (including phenoxy) is 2. The Bertz CT molecular complexity index is 976. The van der Waals surface area contributed by atoms with Crippen molar-refractivity contribution in [3.8, 4) is 34.0 Å². The second-order valence-electron chi connectivity index (χ2n) is 6.24. The largest absolute Gasteiger partial charge is 0.495 e. The molecule has 3 aromatic rings. The monoisotopic (exact) mass is 368 g/mol. The number of halogens is 1.